The molecule has 1 unspecified atom stereocenters. The van der Waals surface area contributed by atoms with Crippen molar-refractivity contribution in [3.05, 3.63) is 65.1 Å². The molecule has 0 spiro atoms. The van der Waals surface area contributed by atoms with Gasteiger partial charge in [-0.2, -0.15) is 4.91 Å². The summed E-state index contributed by atoms with van der Waals surface area (Å²) in [6.45, 7) is 10.8. The first-order chi connectivity index (χ1) is 17.2. The van der Waals surface area contributed by atoms with Crippen LogP contribution in [-0.2, 0) is 6.42 Å². The minimum atomic E-state index is -1.14. The van der Waals surface area contributed by atoms with Crippen molar-refractivity contribution in [1.82, 2.24) is 14.8 Å². The van der Waals surface area contributed by atoms with Gasteiger partial charge in [0.1, 0.15) is 18.0 Å². The first-order valence-corrected chi connectivity index (χ1v) is 13.1. The summed E-state index contributed by atoms with van der Waals surface area (Å²) >= 11 is 0. The fourth-order valence-corrected chi connectivity index (χ4v) is 5.61. The van der Waals surface area contributed by atoms with E-state index >= 15 is 4.39 Å². The van der Waals surface area contributed by atoms with Gasteiger partial charge >= 0.3 is 0 Å². The summed E-state index contributed by atoms with van der Waals surface area (Å²) in [7, 11) is 0. The number of hydrogen-bond acceptors (Lipinski definition) is 5. The van der Waals surface area contributed by atoms with Crippen molar-refractivity contribution >= 4 is 5.70 Å². The molecular weight excluding hydrogens is 458 g/mol. The van der Waals surface area contributed by atoms with Crippen molar-refractivity contribution in [3.8, 4) is 11.1 Å². The standard InChI is InChI=1S/C29H38F2N4O/c1-21(35-14-4-5-26(35)19-33-36)27-11-8-23(17-28(27)30)24-7-10-25(32-18-24)9-6-22-12-15-34(16-13-22)20-29(2,3)31/h7-8,10-11,17-18,22,26H,1,4-6,9,12-16,19-20H2,2-3H3. The van der Waals surface area contributed by atoms with Crippen LogP contribution in [0.2, 0.25) is 0 Å². The van der Waals surface area contributed by atoms with E-state index < -0.39 is 5.67 Å². The van der Waals surface area contributed by atoms with Gasteiger partial charge in [0.25, 0.3) is 0 Å². The predicted molar refractivity (Wildman–Crippen MR) is 142 cm³/mol. The maximum absolute atomic E-state index is 15.1. The molecule has 0 bridgehead atoms. The molecule has 2 aliphatic rings. The lowest BCUT2D eigenvalue weighted by Crippen LogP contribution is -2.41. The van der Waals surface area contributed by atoms with Gasteiger partial charge in [-0.15, -0.1) is 0 Å². The molecule has 1 atom stereocenters. The molecule has 0 aliphatic carbocycles. The van der Waals surface area contributed by atoms with E-state index in [2.05, 4.69) is 21.6 Å². The Balaban J connectivity index is 1.31. The second-order valence-corrected chi connectivity index (χ2v) is 11.0. The number of rotatable bonds is 10. The third kappa shape index (κ3) is 6.75. The van der Waals surface area contributed by atoms with Crippen molar-refractivity contribution in [2.24, 2.45) is 11.1 Å². The Bertz CT molecular complexity index is 1040. The number of nitroso groups, excluding NO2 is 1. The summed E-state index contributed by atoms with van der Waals surface area (Å²) in [5.74, 6) is 0.325. The normalized spacial score (nSPS) is 19.6. The van der Waals surface area contributed by atoms with Gasteiger partial charge in [0, 0.05) is 41.8 Å². The van der Waals surface area contributed by atoms with E-state index in [0.717, 1.165) is 75.0 Å². The summed E-state index contributed by atoms with van der Waals surface area (Å²) in [6, 6.07) is 9.23. The first-order valence-electron chi connectivity index (χ1n) is 13.1. The summed E-state index contributed by atoms with van der Waals surface area (Å²) in [5, 5.41) is 3.03. The molecule has 2 saturated heterocycles. The number of nitrogens with zero attached hydrogens (tertiary/aromatic N) is 4. The molecule has 2 aromatic rings. The van der Waals surface area contributed by atoms with Gasteiger partial charge in [0.15, 0.2) is 0 Å². The van der Waals surface area contributed by atoms with Crippen LogP contribution in [0.1, 0.15) is 57.2 Å². The van der Waals surface area contributed by atoms with Gasteiger partial charge < -0.3 is 9.80 Å². The van der Waals surface area contributed by atoms with Gasteiger partial charge in [0.05, 0.1) is 6.04 Å². The van der Waals surface area contributed by atoms with E-state index in [1.54, 1.807) is 19.9 Å². The lowest BCUT2D eigenvalue weighted by molar-refractivity contribution is 0.0942. The van der Waals surface area contributed by atoms with E-state index in [0.29, 0.717) is 23.7 Å². The van der Waals surface area contributed by atoms with Crippen molar-refractivity contribution in [1.29, 1.82) is 0 Å². The van der Waals surface area contributed by atoms with E-state index in [4.69, 9.17) is 0 Å². The summed E-state index contributed by atoms with van der Waals surface area (Å²) in [6.07, 6.45) is 7.86. The summed E-state index contributed by atoms with van der Waals surface area (Å²) in [4.78, 5) is 19.6. The van der Waals surface area contributed by atoms with E-state index in [1.165, 1.54) is 6.07 Å². The lowest BCUT2D eigenvalue weighted by atomic mass is 9.91. The third-order valence-corrected chi connectivity index (χ3v) is 7.56. The zero-order chi connectivity index (χ0) is 25.7. The number of halogens is 2. The maximum atomic E-state index is 15.1. The Morgan fingerprint density at radius 3 is 2.53 bits per heavy atom. The number of aromatic nitrogens is 1. The van der Waals surface area contributed by atoms with Crippen LogP contribution in [0.3, 0.4) is 0 Å². The smallest absolute Gasteiger partial charge is 0.133 e. The molecule has 0 saturated carbocycles. The molecule has 2 aliphatic heterocycles. The molecule has 194 valence electrons. The molecule has 0 N–H and O–H groups in total. The highest BCUT2D eigenvalue weighted by atomic mass is 19.1. The molecule has 1 aromatic heterocycles. The van der Waals surface area contributed by atoms with Gasteiger partial charge in [-0.25, -0.2) is 8.78 Å². The second-order valence-electron chi connectivity index (χ2n) is 11.0. The SMILES string of the molecule is C=C(c1ccc(-c2ccc(CCC3CCN(CC(C)(C)F)CC3)nc2)cc1F)N1CCCC1CN=O. The molecule has 4 rings (SSSR count). The third-order valence-electron chi connectivity index (χ3n) is 7.56. The molecule has 2 fully saturated rings. The van der Waals surface area contributed by atoms with Gasteiger partial charge in [-0.3, -0.25) is 4.98 Å². The Morgan fingerprint density at radius 1 is 1.14 bits per heavy atom. The largest absolute Gasteiger partial charge is 0.366 e. The van der Waals surface area contributed by atoms with Crippen LogP contribution >= 0.6 is 0 Å². The van der Waals surface area contributed by atoms with Crippen LogP contribution in [0.25, 0.3) is 16.8 Å². The van der Waals surface area contributed by atoms with Crippen molar-refractivity contribution in [3.63, 3.8) is 0 Å². The predicted octanol–water partition coefficient (Wildman–Crippen LogP) is 6.48. The zero-order valence-corrected chi connectivity index (χ0v) is 21.6. The topological polar surface area (TPSA) is 48.8 Å². The molecular formula is C29H38F2N4O. The van der Waals surface area contributed by atoms with Crippen LogP contribution in [-0.4, -0.2) is 59.2 Å². The van der Waals surface area contributed by atoms with E-state index in [-0.39, 0.29) is 18.4 Å². The minimum absolute atomic E-state index is 0.000608. The Morgan fingerprint density at radius 2 is 1.89 bits per heavy atom. The number of likely N-dealkylation sites (tertiary alicyclic amines) is 2. The monoisotopic (exact) mass is 496 g/mol. The van der Waals surface area contributed by atoms with Crippen LogP contribution in [0, 0.1) is 16.6 Å². The average Bonchev–Trinajstić information content (AvgIpc) is 3.31. The first kappa shape index (κ1) is 26.4. The van der Waals surface area contributed by atoms with Gasteiger partial charge in [-0.05, 0) is 95.1 Å². The number of benzene rings is 1. The molecule has 7 heteroatoms. The Hall–Kier alpha value is -2.67. The Labute approximate surface area is 213 Å². The molecule has 36 heavy (non-hydrogen) atoms. The molecule has 0 amide bonds. The fourth-order valence-electron chi connectivity index (χ4n) is 5.61. The number of alkyl halides is 1. The fraction of sp³-hybridized carbons (Fsp3) is 0.552. The van der Waals surface area contributed by atoms with Crippen molar-refractivity contribution in [2.45, 2.75) is 64.1 Å². The molecule has 3 heterocycles. The van der Waals surface area contributed by atoms with Crippen molar-refractivity contribution in [2.75, 3.05) is 32.7 Å². The summed E-state index contributed by atoms with van der Waals surface area (Å²) in [5.41, 5.74) is 2.63. The van der Waals surface area contributed by atoms with E-state index in [1.807, 2.05) is 29.3 Å². The minimum Gasteiger partial charge on any atom is -0.366 e. The molecule has 0 radical (unpaired) electrons. The zero-order valence-electron chi connectivity index (χ0n) is 21.6. The van der Waals surface area contributed by atoms with Crippen LogP contribution < -0.4 is 0 Å². The molecule has 5 nitrogen and oxygen atoms in total. The van der Waals surface area contributed by atoms with Crippen LogP contribution in [0.15, 0.2) is 48.3 Å². The second kappa shape index (κ2) is 11.6. The number of pyridine rings is 1. The van der Waals surface area contributed by atoms with Crippen molar-refractivity contribution < 1.29 is 8.78 Å². The van der Waals surface area contributed by atoms with Crippen LogP contribution in [0.4, 0.5) is 8.78 Å². The number of piperidine rings is 1. The lowest BCUT2D eigenvalue weighted by Gasteiger charge is -2.34. The Kier molecular flexibility index (Phi) is 8.50. The highest BCUT2D eigenvalue weighted by Gasteiger charge is 2.28. The number of aryl methyl sites for hydroxylation is 1. The quantitative estimate of drug-likeness (QED) is 0.353. The maximum Gasteiger partial charge on any atom is 0.133 e. The van der Waals surface area contributed by atoms with Gasteiger partial charge in [0.2, 0.25) is 0 Å². The molecule has 1 aromatic carbocycles. The summed E-state index contributed by atoms with van der Waals surface area (Å²) < 4.78 is 28.9. The van der Waals surface area contributed by atoms with Gasteiger partial charge in [-0.1, -0.05) is 23.9 Å². The highest BCUT2D eigenvalue weighted by molar-refractivity contribution is 5.69. The highest BCUT2D eigenvalue weighted by Crippen LogP contribution is 2.31. The average molecular weight is 497 g/mol. The van der Waals surface area contributed by atoms with E-state index in [9.17, 15) is 9.30 Å². The number of hydrogen-bond donors (Lipinski definition) is 0. The van der Waals surface area contributed by atoms with Crippen LogP contribution in [0.5, 0.6) is 0 Å².